The van der Waals surface area contributed by atoms with Crippen LogP contribution in [-0.4, -0.2) is 44.3 Å². The molecule has 1 atom stereocenters. The molecule has 0 saturated heterocycles. The third kappa shape index (κ3) is 7.83. The van der Waals surface area contributed by atoms with Gasteiger partial charge in [-0.15, -0.1) is 0 Å². The summed E-state index contributed by atoms with van der Waals surface area (Å²) in [5, 5.41) is 3.23. The van der Waals surface area contributed by atoms with Crippen molar-refractivity contribution in [3.05, 3.63) is 94.5 Å². The Bertz CT molecular complexity index is 1410. The molecule has 3 aromatic carbocycles. The molecule has 1 unspecified atom stereocenters. The largest absolute Gasteiger partial charge is 0.354 e. The maximum absolute atomic E-state index is 14.0. The first kappa shape index (κ1) is 30.2. The topological polar surface area (TPSA) is 86.8 Å². The van der Waals surface area contributed by atoms with Crippen LogP contribution >= 0.6 is 11.6 Å². The maximum Gasteiger partial charge on any atom is 0.264 e. The molecule has 1 N–H and O–H groups in total. The molecule has 3 rings (SSSR count). The van der Waals surface area contributed by atoms with E-state index >= 15 is 0 Å². The van der Waals surface area contributed by atoms with Crippen molar-refractivity contribution >= 4 is 39.1 Å². The number of halogens is 1. The Morgan fingerprint density at radius 2 is 1.62 bits per heavy atom. The third-order valence-electron chi connectivity index (χ3n) is 6.34. The molecule has 0 radical (unpaired) electrons. The van der Waals surface area contributed by atoms with Crippen LogP contribution in [0.2, 0.25) is 5.02 Å². The first-order chi connectivity index (χ1) is 18.4. The molecule has 0 bridgehead atoms. The van der Waals surface area contributed by atoms with E-state index in [0.29, 0.717) is 22.8 Å². The van der Waals surface area contributed by atoms with Gasteiger partial charge in [-0.1, -0.05) is 79.5 Å². The molecule has 208 valence electrons. The zero-order chi connectivity index (χ0) is 28.7. The van der Waals surface area contributed by atoms with Crippen LogP contribution in [0.3, 0.4) is 0 Å². The van der Waals surface area contributed by atoms with Gasteiger partial charge in [-0.3, -0.25) is 13.9 Å². The number of carbonyl (C=O) groups is 2. The van der Waals surface area contributed by atoms with Crippen LogP contribution in [0, 0.1) is 19.8 Å². The average molecular weight is 570 g/mol. The predicted octanol–water partition coefficient (Wildman–Crippen LogP) is 5.34. The molecule has 7 nitrogen and oxygen atoms in total. The summed E-state index contributed by atoms with van der Waals surface area (Å²) >= 11 is 6.26. The molecule has 9 heteroatoms. The van der Waals surface area contributed by atoms with Crippen molar-refractivity contribution in [2.75, 3.05) is 17.4 Å². The fourth-order valence-electron chi connectivity index (χ4n) is 4.13. The molecule has 0 fully saturated rings. The van der Waals surface area contributed by atoms with Crippen molar-refractivity contribution < 1.29 is 18.0 Å². The van der Waals surface area contributed by atoms with Gasteiger partial charge in [0.25, 0.3) is 10.0 Å². The van der Waals surface area contributed by atoms with E-state index in [0.717, 1.165) is 15.4 Å². The van der Waals surface area contributed by atoms with Crippen molar-refractivity contribution in [1.82, 2.24) is 10.2 Å². The number of hydrogen-bond acceptors (Lipinski definition) is 4. The number of sulfonamides is 1. The summed E-state index contributed by atoms with van der Waals surface area (Å²) in [5.74, 6) is -0.580. The van der Waals surface area contributed by atoms with Crippen molar-refractivity contribution in [3.8, 4) is 0 Å². The number of hydrogen-bond donors (Lipinski definition) is 1. The van der Waals surface area contributed by atoms with Crippen LogP contribution in [0.5, 0.6) is 0 Å². The average Bonchev–Trinajstić information content (AvgIpc) is 2.90. The Balaban J connectivity index is 2.04. The smallest absolute Gasteiger partial charge is 0.264 e. The first-order valence-electron chi connectivity index (χ1n) is 12.9. The summed E-state index contributed by atoms with van der Waals surface area (Å²) in [7, 11) is -4.14. The van der Waals surface area contributed by atoms with Crippen LogP contribution in [0.4, 0.5) is 5.69 Å². The van der Waals surface area contributed by atoms with E-state index in [4.69, 9.17) is 11.6 Å². The lowest BCUT2D eigenvalue weighted by Crippen LogP contribution is -2.51. The zero-order valence-electron chi connectivity index (χ0n) is 23.0. The molecule has 0 spiro atoms. The number of nitrogens with one attached hydrogen (secondary N) is 1. The van der Waals surface area contributed by atoms with E-state index in [2.05, 4.69) is 5.32 Å². The summed E-state index contributed by atoms with van der Waals surface area (Å²) in [4.78, 5) is 28.5. The lowest BCUT2D eigenvalue weighted by molar-refractivity contribution is -0.139. The van der Waals surface area contributed by atoms with Crippen LogP contribution in [0.15, 0.2) is 77.7 Å². The summed E-state index contributed by atoms with van der Waals surface area (Å²) in [6.45, 7) is 9.44. The highest BCUT2D eigenvalue weighted by Crippen LogP contribution is 2.30. The molecule has 0 heterocycles. The number of nitrogens with zero attached hydrogens (tertiary/aromatic N) is 2. The standard InChI is InChI=1S/C30H36ClN3O4S/c1-21(2)18-32-30(36)24(5)33(19-25-11-9-10-22(3)16-25)29(35)20-34(28-17-26(31)15-14-23(28)4)39(37,38)27-12-7-6-8-13-27/h6-17,21,24H,18-20H2,1-5H3,(H,32,36). The Morgan fingerprint density at radius 3 is 2.26 bits per heavy atom. The second-order valence-electron chi connectivity index (χ2n) is 10.1. The number of rotatable bonds is 11. The quantitative estimate of drug-likeness (QED) is 0.338. The van der Waals surface area contributed by atoms with Crippen LogP contribution < -0.4 is 9.62 Å². The van der Waals surface area contributed by atoms with Gasteiger partial charge in [0.15, 0.2) is 0 Å². The van der Waals surface area contributed by atoms with E-state index in [1.54, 1.807) is 44.2 Å². The molecular formula is C30H36ClN3O4S. The number of anilines is 1. The minimum atomic E-state index is -4.14. The molecule has 2 amide bonds. The highest BCUT2D eigenvalue weighted by molar-refractivity contribution is 7.92. The third-order valence-corrected chi connectivity index (χ3v) is 8.35. The molecule has 3 aromatic rings. The highest BCUT2D eigenvalue weighted by Gasteiger charge is 2.33. The van der Waals surface area contributed by atoms with Gasteiger partial charge in [0, 0.05) is 18.1 Å². The maximum atomic E-state index is 14.0. The Kier molecular flexibility index (Phi) is 10.2. The predicted molar refractivity (Wildman–Crippen MR) is 156 cm³/mol. The minimum Gasteiger partial charge on any atom is -0.354 e. The summed E-state index contributed by atoms with van der Waals surface area (Å²) in [6.07, 6.45) is 0. The summed E-state index contributed by atoms with van der Waals surface area (Å²) < 4.78 is 28.8. The molecule has 0 aliphatic carbocycles. The Morgan fingerprint density at radius 1 is 0.923 bits per heavy atom. The Hall–Kier alpha value is -3.36. The van der Waals surface area contributed by atoms with Crippen molar-refractivity contribution in [2.24, 2.45) is 5.92 Å². The number of aryl methyl sites for hydroxylation is 2. The van der Waals surface area contributed by atoms with E-state index < -0.39 is 28.5 Å². The molecule has 0 aliphatic heterocycles. The normalized spacial score (nSPS) is 12.2. The van der Waals surface area contributed by atoms with Crippen LogP contribution in [-0.2, 0) is 26.2 Å². The zero-order valence-corrected chi connectivity index (χ0v) is 24.6. The SMILES string of the molecule is Cc1cccc(CN(C(=O)CN(c2cc(Cl)ccc2C)S(=O)(=O)c2ccccc2)C(C)C(=O)NCC(C)C)c1. The molecule has 0 saturated carbocycles. The van der Waals surface area contributed by atoms with Gasteiger partial charge in [-0.25, -0.2) is 8.42 Å². The molecule has 0 aromatic heterocycles. The lowest BCUT2D eigenvalue weighted by Gasteiger charge is -2.32. The Labute approximate surface area is 236 Å². The lowest BCUT2D eigenvalue weighted by atomic mass is 10.1. The molecular weight excluding hydrogens is 534 g/mol. The number of benzene rings is 3. The van der Waals surface area contributed by atoms with E-state index in [1.807, 2.05) is 45.0 Å². The molecule has 39 heavy (non-hydrogen) atoms. The first-order valence-corrected chi connectivity index (χ1v) is 14.7. The highest BCUT2D eigenvalue weighted by atomic mass is 35.5. The van der Waals surface area contributed by atoms with Gasteiger partial charge < -0.3 is 10.2 Å². The monoisotopic (exact) mass is 569 g/mol. The van der Waals surface area contributed by atoms with Crippen LogP contribution in [0.25, 0.3) is 0 Å². The van der Waals surface area contributed by atoms with Gasteiger partial charge in [0.1, 0.15) is 12.6 Å². The van der Waals surface area contributed by atoms with Crippen molar-refractivity contribution in [3.63, 3.8) is 0 Å². The molecule has 0 aliphatic rings. The van der Waals surface area contributed by atoms with Crippen LogP contribution in [0.1, 0.15) is 37.5 Å². The summed E-state index contributed by atoms with van der Waals surface area (Å²) in [6, 6.07) is 19.7. The van der Waals surface area contributed by atoms with E-state index in [-0.39, 0.29) is 23.3 Å². The van der Waals surface area contributed by atoms with Gasteiger partial charge in [0.2, 0.25) is 11.8 Å². The van der Waals surface area contributed by atoms with Crippen molar-refractivity contribution in [1.29, 1.82) is 0 Å². The van der Waals surface area contributed by atoms with Gasteiger partial charge in [-0.2, -0.15) is 0 Å². The van der Waals surface area contributed by atoms with Gasteiger partial charge in [-0.05, 0) is 62.1 Å². The van der Waals surface area contributed by atoms with E-state index in [9.17, 15) is 18.0 Å². The fourth-order valence-corrected chi connectivity index (χ4v) is 5.78. The summed E-state index contributed by atoms with van der Waals surface area (Å²) in [5.41, 5.74) is 2.79. The van der Waals surface area contributed by atoms with Gasteiger partial charge >= 0.3 is 0 Å². The second-order valence-corrected chi connectivity index (χ2v) is 12.4. The van der Waals surface area contributed by atoms with Crippen molar-refractivity contribution in [2.45, 2.75) is 52.1 Å². The number of carbonyl (C=O) groups excluding carboxylic acids is 2. The minimum absolute atomic E-state index is 0.0464. The fraction of sp³-hybridized carbons (Fsp3) is 0.333. The van der Waals surface area contributed by atoms with Gasteiger partial charge in [0.05, 0.1) is 10.6 Å². The van der Waals surface area contributed by atoms with E-state index in [1.165, 1.54) is 23.1 Å². The second kappa shape index (κ2) is 13.1. The number of amides is 2.